The second-order valence-corrected chi connectivity index (χ2v) is 7.64. The smallest absolute Gasteiger partial charge is 0.134 e. The van der Waals surface area contributed by atoms with E-state index in [4.69, 9.17) is 15.0 Å². The Kier molecular flexibility index (Phi) is 3.70. The van der Waals surface area contributed by atoms with Gasteiger partial charge in [-0.2, -0.15) is 0 Å². The topological polar surface area (TPSA) is 63.6 Å². The Morgan fingerprint density at radius 1 is 1.08 bits per heavy atom. The van der Waals surface area contributed by atoms with Gasteiger partial charge in [-0.1, -0.05) is 0 Å². The first-order chi connectivity index (χ1) is 12.4. The van der Waals surface area contributed by atoms with Crippen LogP contribution in [0.1, 0.15) is 47.3 Å². The van der Waals surface area contributed by atoms with E-state index < -0.39 is 0 Å². The van der Waals surface area contributed by atoms with Crippen molar-refractivity contribution in [2.75, 3.05) is 5.32 Å². The van der Waals surface area contributed by atoms with Crippen molar-refractivity contribution in [1.82, 2.24) is 19.9 Å². The zero-order chi connectivity index (χ0) is 16.6. The van der Waals surface area contributed by atoms with Crippen molar-refractivity contribution in [3.8, 4) is 11.3 Å². The highest BCUT2D eigenvalue weighted by Gasteiger charge is 2.29. The van der Waals surface area contributed by atoms with Crippen molar-refractivity contribution in [2.45, 2.75) is 44.6 Å². The molecular weight excluding hydrogens is 330 g/mol. The Morgan fingerprint density at radius 2 is 1.96 bits per heavy atom. The van der Waals surface area contributed by atoms with Gasteiger partial charge in [0.15, 0.2) is 0 Å². The Hall–Kier alpha value is -2.34. The SMILES string of the molecule is c1cc(-c2csc(CNc3nc(C4CC4)nc4c3CCC4)n2)ccn1. The van der Waals surface area contributed by atoms with E-state index in [0.717, 1.165) is 40.7 Å². The minimum Gasteiger partial charge on any atom is -0.363 e. The summed E-state index contributed by atoms with van der Waals surface area (Å²) in [6.07, 6.45) is 9.45. The zero-order valence-corrected chi connectivity index (χ0v) is 14.7. The monoisotopic (exact) mass is 349 g/mol. The van der Waals surface area contributed by atoms with Crippen LogP contribution in [-0.2, 0) is 19.4 Å². The lowest BCUT2D eigenvalue weighted by molar-refractivity contribution is 0.870. The number of pyridine rings is 1. The fourth-order valence-electron chi connectivity index (χ4n) is 3.33. The lowest BCUT2D eigenvalue weighted by atomic mass is 10.2. The van der Waals surface area contributed by atoms with E-state index in [1.54, 1.807) is 23.7 Å². The number of rotatable bonds is 5. The Bertz CT molecular complexity index is 901. The number of hydrogen-bond acceptors (Lipinski definition) is 6. The number of aromatic nitrogens is 4. The summed E-state index contributed by atoms with van der Waals surface area (Å²) in [5.74, 6) is 2.66. The van der Waals surface area contributed by atoms with Crippen LogP contribution in [0, 0.1) is 0 Å². The minimum absolute atomic E-state index is 0.588. The Balaban J connectivity index is 1.36. The molecule has 0 radical (unpaired) electrons. The van der Waals surface area contributed by atoms with Crippen LogP contribution in [0.15, 0.2) is 29.9 Å². The first-order valence-electron chi connectivity index (χ1n) is 8.85. The molecule has 1 fully saturated rings. The maximum atomic E-state index is 4.83. The molecule has 0 bridgehead atoms. The van der Waals surface area contributed by atoms with E-state index in [1.165, 1.54) is 30.5 Å². The first kappa shape index (κ1) is 15.0. The van der Waals surface area contributed by atoms with Crippen LogP contribution in [0.25, 0.3) is 11.3 Å². The van der Waals surface area contributed by atoms with E-state index in [2.05, 4.69) is 15.7 Å². The molecule has 25 heavy (non-hydrogen) atoms. The predicted molar refractivity (Wildman–Crippen MR) is 98.7 cm³/mol. The van der Waals surface area contributed by atoms with Gasteiger partial charge in [0.2, 0.25) is 0 Å². The molecule has 0 amide bonds. The van der Waals surface area contributed by atoms with Crippen molar-refractivity contribution >= 4 is 17.2 Å². The third-order valence-electron chi connectivity index (χ3n) is 4.83. The summed E-state index contributed by atoms with van der Waals surface area (Å²) < 4.78 is 0. The van der Waals surface area contributed by atoms with Crippen molar-refractivity contribution < 1.29 is 0 Å². The first-order valence-corrected chi connectivity index (χ1v) is 9.73. The number of anilines is 1. The van der Waals surface area contributed by atoms with Gasteiger partial charge in [-0.3, -0.25) is 4.98 Å². The van der Waals surface area contributed by atoms with Crippen LogP contribution in [0.2, 0.25) is 0 Å². The van der Waals surface area contributed by atoms with Crippen LogP contribution in [-0.4, -0.2) is 19.9 Å². The highest BCUT2D eigenvalue weighted by atomic mass is 32.1. The molecule has 126 valence electrons. The molecule has 0 unspecified atom stereocenters. The lowest BCUT2D eigenvalue weighted by Gasteiger charge is -2.11. The van der Waals surface area contributed by atoms with Crippen LogP contribution < -0.4 is 5.32 Å². The molecule has 3 aromatic rings. The van der Waals surface area contributed by atoms with Crippen LogP contribution >= 0.6 is 11.3 Å². The normalized spacial score (nSPS) is 16.0. The van der Waals surface area contributed by atoms with E-state index in [1.807, 2.05) is 12.1 Å². The second kappa shape index (κ2) is 6.19. The van der Waals surface area contributed by atoms with Crippen molar-refractivity contribution in [3.05, 3.63) is 52.0 Å². The summed E-state index contributed by atoms with van der Waals surface area (Å²) >= 11 is 1.68. The van der Waals surface area contributed by atoms with Gasteiger partial charge in [0.1, 0.15) is 16.6 Å². The highest BCUT2D eigenvalue weighted by Crippen LogP contribution is 2.40. The highest BCUT2D eigenvalue weighted by molar-refractivity contribution is 7.09. The molecule has 5 rings (SSSR count). The van der Waals surface area contributed by atoms with Gasteiger partial charge < -0.3 is 5.32 Å². The van der Waals surface area contributed by atoms with Gasteiger partial charge >= 0.3 is 0 Å². The van der Waals surface area contributed by atoms with E-state index in [-0.39, 0.29) is 0 Å². The minimum atomic E-state index is 0.588. The number of nitrogens with zero attached hydrogens (tertiary/aromatic N) is 4. The van der Waals surface area contributed by atoms with Gasteiger partial charge in [-0.05, 0) is 44.2 Å². The lowest BCUT2D eigenvalue weighted by Crippen LogP contribution is -2.08. The third kappa shape index (κ3) is 3.02. The van der Waals surface area contributed by atoms with Gasteiger partial charge in [0, 0.05) is 40.5 Å². The average Bonchev–Trinajstić information content (AvgIpc) is 3.21. The molecule has 0 spiro atoms. The standard InChI is InChI=1S/C19H19N5S/c1-2-14-15(3-1)23-18(13-4-5-13)24-19(14)21-10-17-22-16(11-25-17)12-6-8-20-9-7-12/h6-9,11,13H,1-5,10H2,(H,21,23,24). The van der Waals surface area contributed by atoms with Crippen LogP contribution in [0.3, 0.4) is 0 Å². The predicted octanol–water partition coefficient (Wildman–Crippen LogP) is 3.97. The molecular formula is C19H19N5S. The number of thiazole rings is 1. The fraction of sp³-hybridized carbons (Fsp3) is 0.368. The number of aryl methyl sites for hydroxylation is 1. The van der Waals surface area contributed by atoms with E-state index in [0.29, 0.717) is 12.5 Å². The number of fused-ring (bicyclic) bond motifs is 1. The fourth-order valence-corrected chi connectivity index (χ4v) is 4.07. The van der Waals surface area contributed by atoms with Crippen LogP contribution in [0.5, 0.6) is 0 Å². The van der Waals surface area contributed by atoms with Gasteiger partial charge in [-0.25, -0.2) is 15.0 Å². The maximum absolute atomic E-state index is 4.83. The summed E-state index contributed by atoms with van der Waals surface area (Å²) in [4.78, 5) is 18.4. The zero-order valence-electron chi connectivity index (χ0n) is 13.9. The second-order valence-electron chi connectivity index (χ2n) is 6.70. The molecule has 1 saturated carbocycles. The van der Waals surface area contributed by atoms with E-state index in [9.17, 15) is 0 Å². The largest absolute Gasteiger partial charge is 0.363 e. The molecule has 0 aromatic carbocycles. The molecule has 2 aliphatic rings. The summed E-state index contributed by atoms with van der Waals surface area (Å²) in [6, 6.07) is 3.98. The number of hydrogen-bond donors (Lipinski definition) is 1. The molecule has 5 nitrogen and oxygen atoms in total. The maximum Gasteiger partial charge on any atom is 0.134 e. The molecule has 0 atom stereocenters. The Morgan fingerprint density at radius 3 is 2.80 bits per heavy atom. The van der Waals surface area contributed by atoms with Crippen molar-refractivity contribution in [1.29, 1.82) is 0 Å². The summed E-state index contributed by atoms with van der Waals surface area (Å²) in [5, 5.41) is 6.71. The number of nitrogens with one attached hydrogen (secondary N) is 1. The molecule has 0 saturated heterocycles. The van der Waals surface area contributed by atoms with E-state index >= 15 is 0 Å². The third-order valence-corrected chi connectivity index (χ3v) is 5.68. The molecule has 6 heteroatoms. The molecule has 1 N–H and O–H groups in total. The average molecular weight is 349 g/mol. The Labute approximate surface area is 150 Å². The molecule has 3 aromatic heterocycles. The van der Waals surface area contributed by atoms with Crippen molar-refractivity contribution in [2.24, 2.45) is 0 Å². The van der Waals surface area contributed by atoms with Gasteiger partial charge in [-0.15, -0.1) is 11.3 Å². The molecule has 0 aliphatic heterocycles. The summed E-state index contributed by atoms with van der Waals surface area (Å²) in [7, 11) is 0. The van der Waals surface area contributed by atoms with Crippen molar-refractivity contribution in [3.63, 3.8) is 0 Å². The van der Waals surface area contributed by atoms with Gasteiger partial charge in [0.25, 0.3) is 0 Å². The van der Waals surface area contributed by atoms with Gasteiger partial charge in [0.05, 0.1) is 12.2 Å². The molecule has 3 heterocycles. The quantitative estimate of drug-likeness (QED) is 0.755. The summed E-state index contributed by atoms with van der Waals surface area (Å²) in [5.41, 5.74) is 4.69. The van der Waals surface area contributed by atoms with Crippen LogP contribution in [0.4, 0.5) is 5.82 Å². The molecule has 2 aliphatic carbocycles. The summed E-state index contributed by atoms with van der Waals surface area (Å²) in [6.45, 7) is 0.712.